The van der Waals surface area contributed by atoms with Crippen molar-refractivity contribution in [1.29, 1.82) is 0 Å². The normalized spacial score (nSPS) is 15.5. The fourth-order valence-corrected chi connectivity index (χ4v) is 2.53. The molecule has 0 aliphatic heterocycles. The Kier molecular flexibility index (Phi) is 7.63. The highest BCUT2D eigenvalue weighted by Crippen LogP contribution is 2.50. The molecule has 0 aromatic rings. The Morgan fingerprint density at radius 3 is 2.47 bits per heavy atom. The highest BCUT2D eigenvalue weighted by atomic mass is 32.5. The fourth-order valence-electron chi connectivity index (χ4n) is 0.909. The third-order valence-corrected chi connectivity index (χ3v) is 3.96. The number of carbonyl (C=O) groups is 1. The lowest BCUT2D eigenvalue weighted by Crippen LogP contribution is -2.09. The van der Waals surface area contributed by atoms with Crippen molar-refractivity contribution in [3.8, 4) is 0 Å². The van der Waals surface area contributed by atoms with Crippen LogP contribution in [0.25, 0.3) is 0 Å². The molecular weight excluding hydrogens is 263 g/mol. The number of carbonyl (C=O) groups excluding carboxylic acids is 1. The summed E-state index contributed by atoms with van der Waals surface area (Å²) < 4.78 is 20.5. The monoisotopic (exact) mass is 282 g/mol. The van der Waals surface area contributed by atoms with Gasteiger partial charge in [0.2, 0.25) is 0 Å². The van der Waals surface area contributed by atoms with Crippen molar-refractivity contribution in [2.75, 3.05) is 13.7 Å². The van der Waals surface area contributed by atoms with E-state index in [1.807, 2.05) is 0 Å². The summed E-state index contributed by atoms with van der Waals surface area (Å²) in [5.74, 6) is -0.166. The molecule has 1 unspecified atom stereocenters. The van der Waals surface area contributed by atoms with Crippen molar-refractivity contribution in [3.05, 3.63) is 11.8 Å². The first-order valence-electron chi connectivity index (χ1n) is 5.21. The molecule has 0 spiro atoms. The molecule has 0 N–H and O–H groups in total. The van der Waals surface area contributed by atoms with Gasteiger partial charge in [-0.1, -0.05) is 0 Å². The Hall–Kier alpha value is -0.420. The fraction of sp³-hybridized carbons (Fsp3) is 0.700. The highest BCUT2D eigenvalue weighted by molar-refractivity contribution is 8.07. The second-order valence-corrected chi connectivity index (χ2v) is 6.42. The maximum Gasteiger partial charge on any atom is 0.379 e. The number of ether oxygens (including phenoxy) is 1. The Bertz CT molecular complexity index is 327. The van der Waals surface area contributed by atoms with Gasteiger partial charge in [-0.3, -0.25) is 4.52 Å². The Balaban J connectivity index is 4.50. The topological polar surface area (TPSA) is 54.0 Å². The Labute approximate surface area is 107 Å². The van der Waals surface area contributed by atoms with Crippen molar-refractivity contribution < 1.29 is 23.1 Å². The second kappa shape index (κ2) is 7.82. The zero-order valence-electron chi connectivity index (χ0n) is 10.8. The summed E-state index contributed by atoms with van der Waals surface area (Å²) in [5, 5.41) is 0. The van der Waals surface area contributed by atoms with Gasteiger partial charge in [-0.05, 0) is 27.7 Å². The molecule has 17 heavy (non-hydrogen) atoms. The van der Waals surface area contributed by atoms with Crippen molar-refractivity contribution in [2.24, 2.45) is 0 Å². The Morgan fingerprint density at radius 2 is 2.06 bits per heavy atom. The van der Waals surface area contributed by atoms with Gasteiger partial charge in [-0.25, -0.2) is 4.79 Å². The van der Waals surface area contributed by atoms with Crippen molar-refractivity contribution >= 4 is 24.5 Å². The van der Waals surface area contributed by atoms with E-state index in [1.165, 1.54) is 13.2 Å². The maximum atomic E-state index is 11.3. The molecule has 0 heterocycles. The third-order valence-electron chi connectivity index (χ3n) is 1.44. The summed E-state index contributed by atoms with van der Waals surface area (Å²) in [6.07, 6.45) is 1.04. The van der Waals surface area contributed by atoms with Crippen LogP contribution in [0.4, 0.5) is 0 Å². The van der Waals surface area contributed by atoms with Crippen LogP contribution in [-0.2, 0) is 34.9 Å². The van der Waals surface area contributed by atoms with E-state index in [4.69, 9.17) is 30.1 Å². The van der Waals surface area contributed by atoms with Gasteiger partial charge < -0.3 is 13.8 Å². The van der Waals surface area contributed by atoms with Crippen LogP contribution in [0, 0.1) is 0 Å². The maximum absolute atomic E-state index is 11.3. The van der Waals surface area contributed by atoms with Crippen molar-refractivity contribution in [2.45, 2.75) is 33.8 Å². The number of hydrogen-bond donors (Lipinski definition) is 0. The molecular formula is C10H19O5PS. The molecule has 5 nitrogen and oxygen atoms in total. The summed E-state index contributed by atoms with van der Waals surface area (Å²) in [5.41, 5.74) is 0. The lowest BCUT2D eigenvalue weighted by atomic mass is 10.4. The zero-order valence-corrected chi connectivity index (χ0v) is 12.5. The summed E-state index contributed by atoms with van der Waals surface area (Å²) in [4.78, 5) is 11.3. The largest absolute Gasteiger partial charge is 0.460 e. The first-order valence-corrected chi connectivity index (χ1v) is 7.77. The van der Waals surface area contributed by atoms with E-state index in [2.05, 4.69) is 0 Å². The van der Waals surface area contributed by atoms with Crippen LogP contribution in [-0.4, -0.2) is 25.8 Å². The van der Waals surface area contributed by atoms with Crippen LogP contribution < -0.4 is 0 Å². The molecule has 1 atom stereocenters. The second-order valence-electron chi connectivity index (χ2n) is 3.38. The minimum absolute atomic E-state index is 0.177. The molecule has 7 heteroatoms. The third kappa shape index (κ3) is 7.49. The van der Waals surface area contributed by atoms with E-state index >= 15 is 0 Å². The molecule has 0 saturated heterocycles. The standard InChI is InChI=1S/C10H19O5PS/c1-6-13-16(17,12-5)15-9(4)7-10(11)14-8(2)3/h7-8H,6H2,1-5H3/b9-7+. The zero-order chi connectivity index (χ0) is 13.5. The van der Waals surface area contributed by atoms with E-state index < -0.39 is 12.7 Å². The van der Waals surface area contributed by atoms with Gasteiger partial charge in [-0.2, -0.15) is 0 Å². The van der Waals surface area contributed by atoms with Crippen LogP contribution in [0.1, 0.15) is 27.7 Å². The van der Waals surface area contributed by atoms with Crippen molar-refractivity contribution in [3.63, 3.8) is 0 Å². The molecule has 0 aliphatic rings. The van der Waals surface area contributed by atoms with Crippen LogP contribution >= 0.6 is 6.72 Å². The van der Waals surface area contributed by atoms with E-state index in [1.54, 1.807) is 27.7 Å². The lowest BCUT2D eigenvalue weighted by Gasteiger charge is -2.19. The smallest absolute Gasteiger partial charge is 0.379 e. The molecule has 0 fully saturated rings. The molecule has 0 aromatic carbocycles. The molecule has 100 valence electrons. The van der Waals surface area contributed by atoms with Gasteiger partial charge in [0, 0.05) is 18.9 Å². The first-order chi connectivity index (χ1) is 7.83. The predicted octanol–water partition coefficient (Wildman–Crippen LogP) is 2.77. The van der Waals surface area contributed by atoms with E-state index in [9.17, 15) is 4.79 Å². The molecule has 0 saturated carbocycles. The van der Waals surface area contributed by atoms with Gasteiger partial charge in [0.15, 0.2) is 0 Å². The molecule has 0 aliphatic carbocycles. The van der Waals surface area contributed by atoms with Crippen LogP contribution in [0.15, 0.2) is 11.8 Å². The first kappa shape index (κ1) is 16.6. The molecule has 0 bridgehead atoms. The minimum Gasteiger partial charge on any atom is -0.460 e. The number of hydrogen-bond acceptors (Lipinski definition) is 6. The lowest BCUT2D eigenvalue weighted by molar-refractivity contribution is -0.141. The Morgan fingerprint density at radius 1 is 1.47 bits per heavy atom. The quantitative estimate of drug-likeness (QED) is 0.310. The van der Waals surface area contributed by atoms with Crippen molar-refractivity contribution in [1.82, 2.24) is 0 Å². The number of rotatable bonds is 7. The summed E-state index contributed by atoms with van der Waals surface area (Å²) >= 11 is 5.07. The van der Waals surface area contributed by atoms with Gasteiger partial charge >= 0.3 is 12.7 Å². The van der Waals surface area contributed by atoms with E-state index in [-0.39, 0.29) is 6.10 Å². The molecule has 0 aromatic heterocycles. The summed E-state index contributed by atoms with van der Waals surface area (Å²) in [6, 6.07) is 0. The van der Waals surface area contributed by atoms with Gasteiger partial charge in [0.1, 0.15) is 5.76 Å². The number of esters is 1. The summed E-state index contributed by atoms with van der Waals surface area (Å²) in [6.45, 7) is 4.51. The molecule has 0 rings (SSSR count). The van der Waals surface area contributed by atoms with Gasteiger partial charge in [0.05, 0.1) is 18.8 Å². The van der Waals surface area contributed by atoms with Crippen LogP contribution in [0.2, 0.25) is 0 Å². The highest BCUT2D eigenvalue weighted by Gasteiger charge is 2.20. The summed E-state index contributed by atoms with van der Waals surface area (Å²) in [7, 11) is 1.41. The average Bonchev–Trinajstić information content (AvgIpc) is 2.15. The average molecular weight is 282 g/mol. The SMILES string of the molecule is CCOP(=S)(OC)O/C(C)=C/C(=O)OC(C)C. The van der Waals surface area contributed by atoms with Gasteiger partial charge in [-0.15, -0.1) is 0 Å². The predicted molar refractivity (Wildman–Crippen MR) is 69.0 cm³/mol. The number of allylic oxidation sites excluding steroid dienone is 1. The van der Waals surface area contributed by atoms with E-state index in [0.29, 0.717) is 12.4 Å². The van der Waals surface area contributed by atoms with Gasteiger partial charge in [0.25, 0.3) is 0 Å². The van der Waals surface area contributed by atoms with Crippen LogP contribution in [0.3, 0.4) is 0 Å². The molecule has 0 radical (unpaired) electrons. The molecule has 0 amide bonds. The van der Waals surface area contributed by atoms with E-state index in [0.717, 1.165) is 0 Å². The minimum atomic E-state index is -2.79. The van der Waals surface area contributed by atoms with Crippen LogP contribution in [0.5, 0.6) is 0 Å².